The SMILES string of the molecule is COc1cc(OC)c(C(=O)NCCNc2ncccc2C(F)(F)F)cc1OC. The van der Waals surface area contributed by atoms with Crippen LogP contribution in [0.4, 0.5) is 19.0 Å². The van der Waals surface area contributed by atoms with E-state index in [0.717, 1.165) is 6.07 Å². The fourth-order valence-corrected chi connectivity index (χ4v) is 2.43. The van der Waals surface area contributed by atoms with Gasteiger partial charge in [0.2, 0.25) is 0 Å². The molecule has 2 N–H and O–H groups in total. The Hall–Kier alpha value is -3.17. The van der Waals surface area contributed by atoms with Gasteiger partial charge in [0.25, 0.3) is 5.91 Å². The molecule has 0 bridgehead atoms. The maximum Gasteiger partial charge on any atom is 0.419 e. The average Bonchev–Trinajstić information content (AvgIpc) is 2.69. The van der Waals surface area contributed by atoms with Crippen LogP contribution in [0.3, 0.4) is 0 Å². The molecule has 1 amide bonds. The van der Waals surface area contributed by atoms with Gasteiger partial charge in [0.1, 0.15) is 11.6 Å². The molecule has 0 atom stereocenters. The number of nitrogens with zero attached hydrogens (tertiary/aromatic N) is 1. The Morgan fingerprint density at radius 2 is 1.68 bits per heavy atom. The van der Waals surface area contributed by atoms with E-state index < -0.39 is 17.6 Å². The van der Waals surface area contributed by atoms with Crippen LogP contribution in [0.15, 0.2) is 30.5 Å². The Morgan fingerprint density at radius 1 is 1.04 bits per heavy atom. The molecule has 1 aromatic carbocycles. The molecule has 152 valence electrons. The standard InChI is InChI=1S/C18H20F3N3O4/c1-26-13-10-15(28-3)14(27-2)9-11(13)17(25)24-8-7-23-16-12(18(19,20)21)5-4-6-22-16/h4-6,9-10H,7-8H2,1-3H3,(H,22,23)(H,24,25). The monoisotopic (exact) mass is 399 g/mol. The maximum absolute atomic E-state index is 12.9. The molecule has 2 aromatic rings. The largest absolute Gasteiger partial charge is 0.496 e. The number of carbonyl (C=O) groups is 1. The first-order valence-electron chi connectivity index (χ1n) is 8.16. The van der Waals surface area contributed by atoms with E-state index in [9.17, 15) is 18.0 Å². The van der Waals surface area contributed by atoms with Crippen LogP contribution in [0.25, 0.3) is 0 Å². The zero-order valence-electron chi connectivity index (χ0n) is 15.5. The normalized spacial score (nSPS) is 10.9. The van der Waals surface area contributed by atoms with Gasteiger partial charge >= 0.3 is 6.18 Å². The predicted octanol–water partition coefficient (Wildman–Crippen LogP) is 2.97. The first-order valence-corrected chi connectivity index (χ1v) is 8.16. The summed E-state index contributed by atoms with van der Waals surface area (Å²) in [5, 5.41) is 5.18. The van der Waals surface area contributed by atoms with Crippen LogP contribution < -0.4 is 24.8 Å². The first-order chi connectivity index (χ1) is 13.3. The van der Waals surface area contributed by atoms with Crippen molar-refractivity contribution in [3.63, 3.8) is 0 Å². The Labute approximate surface area is 159 Å². The highest BCUT2D eigenvalue weighted by Gasteiger charge is 2.33. The summed E-state index contributed by atoms with van der Waals surface area (Å²) in [6.45, 7) is 0.103. The summed E-state index contributed by atoms with van der Waals surface area (Å²) in [5.74, 6) is 0.235. The lowest BCUT2D eigenvalue weighted by Gasteiger charge is -2.15. The lowest BCUT2D eigenvalue weighted by molar-refractivity contribution is -0.137. The van der Waals surface area contributed by atoms with Gasteiger partial charge in [0.15, 0.2) is 11.5 Å². The molecule has 0 unspecified atom stereocenters. The number of rotatable bonds is 8. The van der Waals surface area contributed by atoms with E-state index in [1.807, 2.05) is 0 Å². The second-order valence-electron chi connectivity index (χ2n) is 5.49. The number of alkyl halides is 3. The second kappa shape index (κ2) is 9.16. The zero-order chi connectivity index (χ0) is 20.7. The predicted molar refractivity (Wildman–Crippen MR) is 96.2 cm³/mol. The van der Waals surface area contributed by atoms with Crippen LogP contribution in [0, 0.1) is 0 Å². The maximum atomic E-state index is 12.9. The summed E-state index contributed by atoms with van der Waals surface area (Å²) in [4.78, 5) is 16.1. The zero-order valence-corrected chi connectivity index (χ0v) is 15.5. The number of hydrogen-bond donors (Lipinski definition) is 2. The van der Waals surface area contributed by atoms with Crippen LogP contribution in [-0.4, -0.2) is 45.3 Å². The Morgan fingerprint density at radius 3 is 2.29 bits per heavy atom. The molecule has 0 fully saturated rings. The van der Waals surface area contributed by atoms with Gasteiger partial charge in [-0.25, -0.2) is 4.98 Å². The van der Waals surface area contributed by atoms with Gasteiger partial charge in [0.05, 0.1) is 32.5 Å². The van der Waals surface area contributed by atoms with Gasteiger partial charge in [-0.3, -0.25) is 4.79 Å². The van der Waals surface area contributed by atoms with Crippen LogP contribution in [0.1, 0.15) is 15.9 Å². The van der Waals surface area contributed by atoms with Crippen molar-refractivity contribution in [2.45, 2.75) is 6.18 Å². The van der Waals surface area contributed by atoms with Crippen LogP contribution in [0.2, 0.25) is 0 Å². The number of hydrogen-bond acceptors (Lipinski definition) is 6. The van der Waals surface area contributed by atoms with E-state index in [-0.39, 0.29) is 30.2 Å². The van der Waals surface area contributed by atoms with Crippen LogP contribution in [0.5, 0.6) is 17.2 Å². The van der Waals surface area contributed by atoms with Crippen molar-refractivity contribution in [1.29, 1.82) is 0 Å². The molecule has 1 aromatic heterocycles. The van der Waals surface area contributed by atoms with Crippen molar-refractivity contribution in [2.24, 2.45) is 0 Å². The smallest absolute Gasteiger partial charge is 0.419 e. The summed E-state index contributed by atoms with van der Waals surface area (Å²) in [5.41, 5.74) is -0.670. The second-order valence-corrected chi connectivity index (χ2v) is 5.49. The molecule has 1 heterocycles. The summed E-state index contributed by atoms with van der Waals surface area (Å²) in [6, 6.07) is 5.11. The van der Waals surface area contributed by atoms with Gasteiger partial charge in [-0.1, -0.05) is 0 Å². The molecule has 10 heteroatoms. The summed E-state index contributed by atoms with van der Waals surface area (Å²) < 4.78 is 54.3. The Bertz CT molecular complexity index is 828. The Balaban J connectivity index is 2.02. The number of benzene rings is 1. The van der Waals surface area contributed by atoms with E-state index in [1.165, 1.54) is 45.7 Å². The van der Waals surface area contributed by atoms with E-state index >= 15 is 0 Å². The fraction of sp³-hybridized carbons (Fsp3) is 0.333. The topological polar surface area (TPSA) is 81.7 Å². The van der Waals surface area contributed by atoms with E-state index in [2.05, 4.69) is 15.6 Å². The third-order valence-electron chi connectivity index (χ3n) is 3.77. The highest BCUT2D eigenvalue weighted by atomic mass is 19.4. The third kappa shape index (κ3) is 4.96. The number of nitrogens with one attached hydrogen (secondary N) is 2. The molecule has 0 aliphatic carbocycles. The number of aromatic nitrogens is 1. The minimum absolute atomic E-state index is 0.0431. The van der Waals surface area contributed by atoms with Gasteiger partial charge in [-0.05, 0) is 12.1 Å². The van der Waals surface area contributed by atoms with Gasteiger partial charge in [-0.2, -0.15) is 13.2 Å². The van der Waals surface area contributed by atoms with Gasteiger partial charge in [-0.15, -0.1) is 0 Å². The minimum Gasteiger partial charge on any atom is -0.496 e. The number of ether oxygens (including phenoxy) is 3. The molecule has 0 saturated carbocycles. The quantitative estimate of drug-likeness (QED) is 0.665. The number of methoxy groups -OCH3 is 3. The van der Waals surface area contributed by atoms with E-state index in [4.69, 9.17) is 14.2 Å². The number of amides is 1. The van der Waals surface area contributed by atoms with Crippen molar-refractivity contribution in [3.8, 4) is 17.2 Å². The molecule has 0 aliphatic heterocycles. The number of halogens is 3. The minimum atomic E-state index is -4.52. The molecule has 2 rings (SSSR count). The number of pyridine rings is 1. The van der Waals surface area contributed by atoms with Crippen molar-refractivity contribution < 1.29 is 32.2 Å². The highest BCUT2D eigenvalue weighted by molar-refractivity contribution is 5.97. The Kier molecular flexibility index (Phi) is 6.91. The third-order valence-corrected chi connectivity index (χ3v) is 3.77. The van der Waals surface area contributed by atoms with E-state index in [0.29, 0.717) is 11.5 Å². The summed E-state index contributed by atoms with van der Waals surface area (Å²) in [7, 11) is 4.29. The van der Waals surface area contributed by atoms with E-state index in [1.54, 1.807) is 0 Å². The van der Waals surface area contributed by atoms with Crippen molar-refractivity contribution in [3.05, 3.63) is 41.6 Å². The average molecular weight is 399 g/mol. The van der Waals surface area contributed by atoms with Crippen LogP contribution in [-0.2, 0) is 6.18 Å². The molecule has 7 nitrogen and oxygen atoms in total. The lowest BCUT2D eigenvalue weighted by atomic mass is 10.1. The van der Waals surface area contributed by atoms with Gasteiger partial charge in [0, 0.05) is 31.4 Å². The molecule has 0 aliphatic rings. The molecule has 0 saturated heterocycles. The molecular formula is C18H20F3N3O4. The summed E-state index contributed by atoms with van der Waals surface area (Å²) >= 11 is 0. The van der Waals surface area contributed by atoms with Crippen molar-refractivity contribution >= 4 is 11.7 Å². The number of anilines is 1. The number of carbonyl (C=O) groups excluding carboxylic acids is 1. The lowest BCUT2D eigenvalue weighted by Crippen LogP contribution is -2.29. The summed E-state index contributed by atoms with van der Waals surface area (Å²) in [6.07, 6.45) is -3.27. The molecule has 28 heavy (non-hydrogen) atoms. The first kappa shape index (κ1) is 21.1. The fourth-order valence-electron chi connectivity index (χ4n) is 2.43. The van der Waals surface area contributed by atoms with Crippen molar-refractivity contribution in [2.75, 3.05) is 39.7 Å². The molecule has 0 radical (unpaired) electrons. The molecule has 0 spiro atoms. The van der Waals surface area contributed by atoms with Gasteiger partial charge < -0.3 is 24.8 Å². The highest BCUT2D eigenvalue weighted by Crippen LogP contribution is 2.35. The van der Waals surface area contributed by atoms with Crippen molar-refractivity contribution in [1.82, 2.24) is 10.3 Å². The van der Waals surface area contributed by atoms with Crippen LogP contribution >= 0.6 is 0 Å². The molecular weight excluding hydrogens is 379 g/mol.